The first-order chi connectivity index (χ1) is 16.2. The third-order valence-electron chi connectivity index (χ3n) is 7.20. The summed E-state index contributed by atoms with van der Waals surface area (Å²) in [5.74, 6) is -6.89. The van der Waals surface area contributed by atoms with Gasteiger partial charge in [-0.2, -0.15) is 5.26 Å². The van der Waals surface area contributed by atoms with Crippen molar-refractivity contribution >= 4 is 17.7 Å². The Hall–Kier alpha value is -3.06. The Bertz CT molecular complexity index is 983. The van der Waals surface area contributed by atoms with Gasteiger partial charge in [-0.1, -0.05) is 30.3 Å². The number of alkyl halides is 2. The summed E-state index contributed by atoms with van der Waals surface area (Å²) in [6, 6.07) is 6.58. The molecule has 10 heteroatoms. The number of piperidine rings is 3. The van der Waals surface area contributed by atoms with Crippen LogP contribution in [-0.4, -0.2) is 58.3 Å². The first kappa shape index (κ1) is 24.1. The smallest absolute Gasteiger partial charge is 0.256 e. The molecule has 5 rings (SSSR count). The summed E-state index contributed by atoms with van der Waals surface area (Å²) in [6.45, 7) is 0.556. The van der Waals surface area contributed by atoms with E-state index in [9.17, 15) is 33.5 Å². The van der Waals surface area contributed by atoms with Gasteiger partial charge in [-0.25, -0.2) is 8.78 Å². The maximum Gasteiger partial charge on any atom is 0.256 e. The van der Waals surface area contributed by atoms with Crippen molar-refractivity contribution in [3.05, 3.63) is 35.9 Å². The van der Waals surface area contributed by atoms with Crippen LogP contribution in [-0.2, 0) is 14.4 Å². The Balaban J connectivity index is 1.56. The van der Waals surface area contributed by atoms with Crippen molar-refractivity contribution in [3.63, 3.8) is 0 Å². The molecule has 182 valence electrons. The second-order valence-corrected chi connectivity index (χ2v) is 9.36. The normalized spacial score (nSPS) is 29.5. The number of nitriles is 1. The number of hydrogen-bond acceptors (Lipinski definition) is 5. The number of fused-ring (bicyclic) bond motifs is 3. The molecule has 3 amide bonds. The van der Waals surface area contributed by atoms with Gasteiger partial charge in [0.15, 0.2) is 6.10 Å². The van der Waals surface area contributed by atoms with Gasteiger partial charge in [0, 0.05) is 24.9 Å². The highest BCUT2D eigenvalue weighted by molar-refractivity contribution is 5.91. The first-order valence-corrected chi connectivity index (χ1v) is 11.6. The van der Waals surface area contributed by atoms with E-state index in [0.29, 0.717) is 24.9 Å². The van der Waals surface area contributed by atoms with Crippen LogP contribution in [0.4, 0.5) is 8.78 Å². The number of hydrogen-bond donors (Lipinski definition) is 3. The quantitative estimate of drug-likeness (QED) is 0.579. The van der Waals surface area contributed by atoms with Crippen molar-refractivity contribution in [2.75, 3.05) is 6.54 Å². The topological polar surface area (TPSA) is 123 Å². The average molecular weight is 475 g/mol. The molecular weight excluding hydrogens is 446 g/mol. The lowest BCUT2D eigenvalue weighted by molar-refractivity contribution is -0.198. The molecule has 1 saturated carbocycles. The summed E-state index contributed by atoms with van der Waals surface area (Å²) in [5.41, 5.74) is 0.304. The number of nitrogens with one attached hydrogen (secondary N) is 2. The molecule has 3 N–H and O–H groups in total. The molecule has 8 nitrogen and oxygen atoms in total. The van der Waals surface area contributed by atoms with Gasteiger partial charge in [0.05, 0.1) is 12.0 Å². The molecule has 34 heavy (non-hydrogen) atoms. The van der Waals surface area contributed by atoms with Crippen LogP contribution in [0.2, 0.25) is 0 Å². The van der Waals surface area contributed by atoms with E-state index in [1.54, 1.807) is 30.3 Å². The number of rotatable bonds is 6. The molecule has 1 aromatic rings. The van der Waals surface area contributed by atoms with Gasteiger partial charge in [-0.3, -0.25) is 14.4 Å². The summed E-state index contributed by atoms with van der Waals surface area (Å²) in [4.78, 5) is 39.7. The summed E-state index contributed by atoms with van der Waals surface area (Å²) < 4.78 is 29.6. The molecule has 2 bridgehead atoms. The molecule has 3 aliphatic heterocycles. The SMILES string of the molecule is N#C[C@@H](C[C@@H]1CCCNC1=O)NC(=O)[C@H]1[C@@H]2CC[C@@H](CC2(F)F)N1C(=O)[C@@H](O)c1ccccc1. The van der Waals surface area contributed by atoms with E-state index in [1.165, 1.54) is 0 Å². The fraction of sp³-hybridized carbons (Fsp3) is 0.583. The predicted molar refractivity (Wildman–Crippen MR) is 116 cm³/mol. The molecule has 4 fully saturated rings. The fourth-order valence-electron chi connectivity index (χ4n) is 5.49. The van der Waals surface area contributed by atoms with Crippen LogP contribution in [0.15, 0.2) is 30.3 Å². The molecule has 0 spiro atoms. The number of benzene rings is 1. The highest BCUT2D eigenvalue weighted by Gasteiger charge is 2.61. The third-order valence-corrected chi connectivity index (χ3v) is 7.20. The van der Waals surface area contributed by atoms with Crippen LogP contribution in [0, 0.1) is 23.2 Å². The zero-order valence-corrected chi connectivity index (χ0v) is 18.6. The molecule has 1 aliphatic carbocycles. The predicted octanol–water partition coefficient (Wildman–Crippen LogP) is 1.66. The van der Waals surface area contributed by atoms with E-state index >= 15 is 0 Å². The van der Waals surface area contributed by atoms with E-state index in [0.717, 1.165) is 11.3 Å². The molecule has 6 atom stereocenters. The van der Waals surface area contributed by atoms with Crippen LogP contribution in [0.1, 0.15) is 50.2 Å². The Morgan fingerprint density at radius 2 is 2.00 bits per heavy atom. The molecule has 3 saturated heterocycles. The summed E-state index contributed by atoms with van der Waals surface area (Å²) >= 11 is 0. The standard InChI is InChI=1S/C24H28F2N4O4/c25-24(26)12-17-8-9-18(24)19(30(17)23(34)20(31)14-5-2-1-3-6-14)22(33)29-16(13-27)11-15-7-4-10-28-21(15)32/h1-3,5-6,15-20,31H,4,7-12H2,(H,28,32)(H,29,33)/t15-,16+,17-,18-,19+,20-/m0/s1. The second-order valence-electron chi connectivity index (χ2n) is 9.36. The van der Waals surface area contributed by atoms with Crippen molar-refractivity contribution in [3.8, 4) is 6.07 Å². The third kappa shape index (κ3) is 4.62. The molecular formula is C24H28F2N4O4. The Morgan fingerprint density at radius 1 is 1.26 bits per heavy atom. The van der Waals surface area contributed by atoms with Crippen molar-refractivity contribution in [2.45, 2.75) is 68.7 Å². The van der Waals surface area contributed by atoms with Crippen LogP contribution >= 0.6 is 0 Å². The number of amides is 3. The average Bonchev–Trinajstić information content (AvgIpc) is 2.83. The number of carbonyl (C=O) groups excluding carboxylic acids is 3. The number of aliphatic hydroxyl groups is 1. The minimum atomic E-state index is -3.15. The van der Waals surface area contributed by atoms with Crippen LogP contribution in [0.25, 0.3) is 0 Å². The number of carbonyl (C=O) groups is 3. The number of nitrogens with zero attached hydrogens (tertiary/aromatic N) is 2. The molecule has 0 radical (unpaired) electrons. The van der Waals surface area contributed by atoms with Gasteiger partial charge < -0.3 is 20.6 Å². The molecule has 3 heterocycles. The van der Waals surface area contributed by atoms with Gasteiger partial charge in [0.25, 0.3) is 11.8 Å². The summed E-state index contributed by atoms with van der Waals surface area (Å²) in [7, 11) is 0. The number of aliphatic hydroxyl groups excluding tert-OH is 1. The van der Waals surface area contributed by atoms with Gasteiger partial charge >= 0.3 is 0 Å². The maximum atomic E-state index is 14.8. The van der Waals surface area contributed by atoms with Gasteiger partial charge in [-0.05, 0) is 37.7 Å². The lowest BCUT2D eigenvalue weighted by Crippen LogP contribution is -2.69. The minimum Gasteiger partial charge on any atom is -0.378 e. The van der Waals surface area contributed by atoms with Crippen molar-refractivity contribution in [1.29, 1.82) is 5.26 Å². The molecule has 0 aromatic heterocycles. The van der Waals surface area contributed by atoms with E-state index < -0.39 is 60.2 Å². The van der Waals surface area contributed by atoms with Crippen molar-refractivity contribution in [1.82, 2.24) is 15.5 Å². The maximum absolute atomic E-state index is 14.8. The van der Waals surface area contributed by atoms with E-state index in [2.05, 4.69) is 10.6 Å². The Kier molecular flexibility index (Phi) is 6.84. The van der Waals surface area contributed by atoms with Crippen LogP contribution < -0.4 is 10.6 Å². The first-order valence-electron chi connectivity index (χ1n) is 11.6. The minimum absolute atomic E-state index is 0.0587. The van der Waals surface area contributed by atoms with Crippen molar-refractivity contribution in [2.24, 2.45) is 11.8 Å². The lowest BCUT2D eigenvalue weighted by atomic mass is 9.71. The fourth-order valence-corrected chi connectivity index (χ4v) is 5.49. The number of halogens is 2. The van der Waals surface area contributed by atoms with E-state index in [-0.39, 0.29) is 18.7 Å². The lowest BCUT2D eigenvalue weighted by Gasteiger charge is -2.54. The second kappa shape index (κ2) is 9.66. The highest BCUT2D eigenvalue weighted by Crippen LogP contribution is 2.49. The zero-order chi connectivity index (χ0) is 24.5. The van der Waals surface area contributed by atoms with Gasteiger partial charge in [0.2, 0.25) is 11.8 Å². The Morgan fingerprint density at radius 3 is 2.65 bits per heavy atom. The zero-order valence-electron chi connectivity index (χ0n) is 18.6. The van der Waals surface area contributed by atoms with Gasteiger partial charge in [0.1, 0.15) is 12.1 Å². The van der Waals surface area contributed by atoms with Gasteiger partial charge in [-0.15, -0.1) is 0 Å². The molecule has 4 aliphatic rings. The Labute approximate surface area is 196 Å². The molecule has 1 aromatic carbocycles. The van der Waals surface area contributed by atoms with Crippen LogP contribution in [0.5, 0.6) is 0 Å². The van der Waals surface area contributed by atoms with Crippen molar-refractivity contribution < 1.29 is 28.3 Å². The monoisotopic (exact) mass is 474 g/mol. The van der Waals surface area contributed by atoms with E-state index in [4.69, 9.17) is 0 Å². The van der Waals surface area contributed by atoms with E-state index in [1.807, 2.05) is 6.07 Å². The molecule has 0 unspecified atom stereocenters. The van der Waals surface area contributed by atoms with Crippen LogP contribution in [0.3, 0.4) is 0 Å². The largest absolute Gasteiger partial charge is 0.378 e. The summed E-state index contributed by atoms with van der Waals surface area (Å²) in [5, 5.41) is 25.5. The highest BCUT2D eigenvalue weighted by atomic mass is 19.3. The summed E-state index contributed by atoms with van der Waals surface area (Å²) in [6.07, 6.45) is -0.419.